The molecular formula is C6H3F3N2. The molecule has 1 aromatic heterocycles. The summed E-state index contributed by atoms with van der Waals surface area (Å²) in [5.74, 6) is 0. The number of hydrogen-bond donors (Lipinski definition) is 1. The molecule has 1 rings (SSSR count). The van der Waals surface area contributed by atoms with Crippen LogP contribution < -0.4 is 0 Å². The summed E-state index contributed by atoms with van der Waals surface area (Å²) in [5, 5.41) is 8.20. The molecule has 1 aromatic rings. The molecule has 2 nitrogen and oxygen atoms in total. The van der Waals surface area contributed by atoms with Gasteiger partial charge in [0.1, 0.15) is 11.8 Å². The first kappa shape index (κ1) is 7.66. The molecule has 0 radical (unpaired) electrons. The van der Waals surface area contributed by atoms with Gasteiger partial charge in [0.25, 0.3) is 0 Å². The molecule has 5 heteroatoms. The normalized spacial score (nSPS) is 11.1. The Bertz CT molecular complexity index is 292. The zero-order valence-electron chi connectivity index (χ0n) is 5.24. The Balaban J connectivity index is 3.15. The molecule has 1 N–H and O–H groups in total. The largest absolute Gasteiger partial charge is 0.432 e. The molecule has 1 heterocycles. The minimum Gasteiger partial charge on any atom is -0.357 e. The molecule has 0 atom stereocenters. The van der Waals surface area contributed by atoms with E-state index in [4.69, 9.17) is 5.26 Å². The fourth-order valence-electron chi connectivity index (χ4n) is 0.697. The molecule has 0 saturated carbocycles. The van der Waals surface area contributed by atoms with E-state index in [9.17, 15) is 13.2 Å². The predicted molar refractivity (Wildman–Crippen MR) is 30.5 cm³/mol. The first-order valence-electron chi connectivity index (χ1n) is 2.70. The van der Waals surface area contributed by atoms with Crippen molar-refractivity contribution in [2.75, 3.05) is 0 Å². The van der Waals surface area contributed by atoms with Crippen molar-refractivity contribution in [1.29, 1.82) is 5.26 Å². The molecule has 0 spiro atoms. The topological polar surface area (TPSA) is 39.6 Å². The lowest BCUT2D eigenvalue weighted by molar-refractivity contribution is -0.141. The summed E-state index contributed by atoms with van der Waals surface area (Å²) in [7, 11) is 0. The van der Waals surface area contributed by atoms with Gasteiger partial charge in [-0.2, -0.15) is 18.4 Å². The van der Waals surface area contributed by atoms with Gasteiger partial charge in [0.15, 0.2) is 0 Å². The van der Waals surface area contributed by atoms with Crippen LogP contribution in [0.3, 0.4) is 0 Å². The summed E-state index contributed by atoms with van der Waals surface area (Å²) in [6, 6.07) is 2.52. The van der Waals surface area contributed by atoms with Crippen LogP contribution in [0.2, 0.25) is 0 Å². The molecule has 0 aliphatic carbocycles. The lowest BCUT2D eigenvalue weighted by Crippen LogP contribution is -2.07. The highest BCUT2D eigenvalue weighted by Crippen LogP contribution is 2.29. The highest BCUT2D eigenvalue weighted by atomic mass is 19.4. The van der Waals surface area contributed by atoms with E-state index in [-0.39, 0.29) is 5.56 Å². The number of hydrogen-bond acceptors (Lipinski definition) is 1. The first-order valence-corrected chi connectivity index (χ1v) is 2.70. The summed E-state index contributed by atoms with van der Waals surface area (Å²) < 4.78 is 35.7. The van der Waals surface area contributed by atoms with Crippen LogP contribution in [0.5, 0.6) is 0 Å². The molecular weight excluding hydrogens is 157 g/mol. The third-order valence-electron chi connectivity index (χ3n) is 1.15. The maximum atomic E-state index is 11.9. The van der Waals surface area contributed by atoms with Crippen LogP contribution in [0.25, 0.3) is 0 Å². The van der Waals surface area contributed by atoms with E-state index >= 15 is 0 Å². The van der Waals surface area contributed by atoms with E-state index in [0.29, 0.717) is 0 Å². The fourth-order valence-corrected chi connectivity index (χ4v) is 0.697. The minimum atomic E-state index is -4.46. The van der Waals surface area contributed by atoms with E-state index in [1.807, 2.05) is 4.98 Å². The minimum absolute atomic E-state index is 0.377. The lowest BCUT2D eigenvalue weighted by Gasteiger charge is -2.02. The van der Waals surface area contributed by atoms with Gasteiger partial charge in [-0.15, -0.1) is 0 Å². The Labute approximate surface area is 60.3 Å². The number of nitrogens with zero attached hydrogens (tertiary/aromatic N) is 1. The van der Waals surface area contributed by atoms with Gasteiger partial charge in [-0.25, -0.2) is 0 Å². The molecule has 0 aliphatic heterocycles. The van der Waals surface area contributed by atoms with Gasteiger partial charge in [-0.05, 0) is 6.07 Å². The van der Waals surface area contributed by atoms with Gasteiger partial charge >= 0.3 is 6.18 Å². The molecule has 0 unspecified atom stereocenters. The Kier molecular flexibility index (Phi) is 1.61. The Morgan fingerprint density at radius 1 is 1.45 bits per heavy atom. The van der Waals surface area contributed by atoms with Crippen LogP contribution in [-0.4, -0.2) is 4.98 Å². The summed E-state index contributed by atoms with van der Waals surface area (Å²) in [5.41, 5.74) is -1.36. The lowest BCUT2D eigenvalue weighted by atomic mass is 10.2. The molecule has 58 valence electrons. The van der Waals surface area contributed by atoms with Crippen LogP contribution in [0.15, 0.2) is 12.3 Å². The SMILES string of the molecule is N#Cc1cc[nH]c1C(F)(F)F. The molecule has 0 amide bonds. The monoisotopic (exact) mass is 160 g/mol. The highest BCUT2D eigenvalue weighted by Gasteiger charge is 2.34. The number of H-pyrrole nitrogens is 1. The number of halogens is 3. The van der Waals surface area contributed by atoms with Gasteiger partial charge in [-0.1, -0.05) is 0 Å². The van der Waals surface area contributed by atoms with Crippen LogP contribution in [0.4, 0.5) is 13.2 Å². The molecule has 0 saturated heterocycles. The van der Waals surface area contributed by atoms with E-state index in [2.05, 4.69) is 0 Å². The van der Waals surface area contributed by atoms with Gasteiger partial charge in [-0.3, -0.25) is 0 Å². The summed E-state index contributed by atoms with van der Waals surface area (Å²) in [4.78, 5) is 1.95. The number of nitriles is 1. The van der Waals surface area contributed by atoms with Crippen molar-refractivity contribution in [3.8, 4) is 6.07 Å². The Hall–Kier alpha value is -1.44. The second kappa shape index (κ2) is 2.31. The second-order valence-corrected chi connectivity index (χ2v) is 1.88. The number of aromatic nitrogens is 1. The second-order valence-electron chi connectivity index (χ2n) is 1.88. The number of rotatable bonds is 0. The van der Waals surface area contributed by atoms with E-state index in [1.165, 1.54) is 6.07 Å². The van der Waals surface area contributed by atoms with Crippen LogP contribution in [0, 0.1) is 11.3 Å². The predicted octanol–water partition coefficient (Wildman–Crippen LogP) is 1.91. The van der Waals surface area contributed by atoms with Crippen molar-refractivity contribution in [3.63, 3.8) is 0 Å². The summed E-state index contributed by atoms with van der Waals surface area (Å²) in [6.45, 7) is 0. The standard InChI is InChI=1S/C6H3F3N2/c7-6(8,9)5-4(3-10)1-2-11-5/h1-2,11H. The fraction of sp³-hybridized carbons (Fsp3) is 0.167. The van der Waals surface area contributed by atoms with Crippen molar-refractivity contribution < 1.29 is 13.2 Å². The molecule has 0 bridgehead atoms. The maximum Gasteiger partial charge on any atom is 0.432 e. The molecule has 0 aromatic carbocycles. The Morgan fingerprint density at radius 2 is 2.09 bits per heavy atom. The summed E-state index contributed by atoms with van der Waals surface area (Å²) in [6.07, 6.45) is -3.38. The average Bonchev–Trinajstić information content (AvgIpc) is 2.31. The zero-order valence-corrected chi connectivity index (χ0v) is 5.24. The van der Waals surface area contributed by atoms with E-state index in [1.54, 1.807) is 0 Å². The maximum absolute atomic E-state index is 11.9. The Morgan fingerprint density at radius 3 is 2.45 bits per heavy atom. The van der Waals surface area contributed by atoms with Crippen LogP contribution >= 0.6 is 0 Å². The summed E-state index contributed by atoms with van der Waals surface area (Å²) >= 11 is 0. The van der Waals surface area contributed by atoms with Crippen molar-refractivity contribution in [2.24, 2.45) is 0 Å². The third kappa shape index (κ3) is 1.34. The van der Waals surface area contributed by atoms with E-state index in [0.717, 1.165) is 12.3 Å². The third-order valence-corrected chi connectivity index (χ3v) is 1.15. The number of alkyl halides is 3. The molecule has 0 aliphatic rings. The molecule has 0 fully saturated rings. The molecule has 11 heavy (non-hydrogen) atoms. The van der Waals surface area contributed by atoms with Gasteiger partial charge < -0.3 is 4.98 Å². The van der Waals surface area contributed by atoms with Crippen LogP contribution in [-0.2, 0) is 6.18 Å². The quantitative estimate of drug-likeness (QED) is 0.618. The van der Waals surface area contributed by atoms with Crippen LogP contribution in [0.1, 0.15) is 11.3 Å². The first-order chi connectivity index (χ1) is 5.05. The smallest absolute Gasteiger partial charge is 0.357 e. The van der Waals surface area contributed by atoms with Gasteiger partial charge in [0.05, 0.1) is 5.56 Å². The van der Waals surface area contributed by atoms with Crippen molar-refractivity contribution in [2.45, 2.75) is 6.18 Å². The number of nitrogens with one attached hydrogen (secondary N) is 1. The van der Waals surface area contributed by atoms with Gasteiger partial charge in [0, 0.05) is 6.20 Å². The zero-order chi connectivity index (χ0) is 8.48. The van der Waals surface area contributed by atoms with Gasteiger partial charge in [0.2, 0.25) is 0 Å². The average molecular weight is 160 g/mol. The van der Waals surface area contributed by atoms with Crippen molar-refractivity contribution in [1.82, 2.24) is 4.98 Å². The highest BCUT2D eigenvalue weighted by molar-refractivity contribution is 5.34. The van der Waals surface area contributed by atoms with Crippen molar-refractivity contribution in [3.05, 3.63) is 23.5 Å². The van der Waals surface area contributed by atoms with Crippen molar-refractivity contribution >= 4 is 0 Å². The van der Waals surface area contributed by atoms with E-state index < -0.39 is 11.9 Å². The number of aromatic amines is 1.